The lowest BCUT2D eigenvalue weighted by molar-refractivity contribution is 0.417. The summed E-state index contributed by atoms with van der Waals surface area (Å²) in [6.07, 6.45) is 6.92. The van der Waals surface area contributed by atoms with E-state index in [0.717, 1.165) is 24.9 Å². The molecular weight excluding hydrogens is 172 g/mol. The molecule has 14 heavy (non-hydrogen) atoms. The summed E-state index contributed by atoms with van der Waals surface area (Å²) in [6, 6.07) is 0.536. The molecule has 1 aliphatic rings. The molecule has 0 radical (unpaired) electrons. The van der Waals surface area contributed by atoms with Gasteiger partial charge in [0, 0.05) is 12.6 Å². The quantitative estimate of drug-likeness (QED) is 0.586. The molecule has 0 heterocycles. The van der Waals surface area contributed by atoms with Gasteiger partial charge in [-0.1, -0.05) is 26.7 Å². The summed E-state index contributed by atoms with van der Waals surface area (Å²) in [5, 5.41) is 3.56. The van der Waals surface area contributed by atoms with Gasteiger partial charge < -0.3 is 11.1 Å². The minimum atomic E-state index is 0.536. The Morgan fingerprint density at radius 1 is 1.36 bits per heavy atom. The molecule has 0 aromatic carbocycles. The highest BCUT2D eigenvalue weighted by molar-refractivity contribution is 4.74. The average molecular weight is 198 g/mol. The van der Waals surface area contributed by atoms with Crippen LogP contribution in [0.4, 0.5) is 0 Å². The molecule has 1 unspecified atom stereocenters. The van der Waals surface area contributed by atoms with Crippen LogP contribution in [0.1, 0.15) is 46.0 Å². The zero-order valence-corrected chi connectivity index (χ0v) is 9.76. The predicted molar refractivity (Wildman–Crippen MR) is 62.3 cm³/mol. The minimum Gasteiger partial charge on any atom is -0.329 e. The van der Waals surface area contributed by atoms with E-state index in [2.05, 4.69) is 19.2 Å². The largest absolute Gasteiger partial charge is 0.329 e. The fourth-order valence-electron chi connectivity index (χ4n) is 1.94. The van der Waals surface area contributed by atoms with Gasteiger partial charge in [0.1, 0.15) is 0 Å². The van der Waals surface area contributed by atoms with Crippen LogP contribution in [-0.2, 0) is 0 Å². The van der Waals surface area contributed by atoms with Gasteiger partial charge in [0.25, 0.3) is 0 Å². The van der Waals surface area contributed by atoms with E-state index < -0.39 is 0 Å². The van der Waals surface area contributed by atoms with Gasteiger partial charge in [-0.05, 0) is 37.6 Å². The van der Waals surface area contributed by atoms with Gasteiger partial charge in [-0.15, -0.1) is 0 Å². The van der Waals surface area contributed by atoms with E-state index in [9.17, 15) is 0 Å². The van der Waals surface area contributed by atoms with Crippen molar-refractivity contribution in [1.29, 1.82) is 0 Å². The number of nitrogens with one attached hydrogen (secondary N) is 1. The summed E-state index contributed by atoms with van der Waals surface area (Å²) in [5.41, 5.74) is 5.71. The van der Waals surface area contributed by atoms with Crippen molar-refractivity contribution in [2.24, 2.45) is 17.6 Å². The molecule has 84 valence electrons. The molecule has 1 aliphatic carbocycles. The zero-order chi connectivity index (χ0) is 10.4. The van der Waals surface area contributed by atoms with E-state index in [1.165, 1.54) is 32.1 Å². The van der Waals surface area contributed by atoms with E-state index in [4.69, 9.17) is 5.73 Å². The molecule has 0 bridgehead atoms. The van der Waals surface area contributed by atoms with Crippen molar-refractivity contribution in [2.45, 2.75) is 52.0 Å². The third-order valence-corrected chi connectivity index (χ3v) is 2.96. The Morgan fingerprint density at radius 3 is 2.57 bits per heavy atom. The van der Waals surface area contributed by atoms with Crippen LogP contribution in [0.15, 0.2) is 0 Å². The van der Waals surface area contributed by atoms with Crippen LogP contribution >= 0.6 is 0 Å². The molecule has 1 saturated carbocycles. The van der Waals surface area contributed by atoms with E-state index in [1.807, 2.05) is 0 Å². The highest BCUT2D eigenvalue weighted by Gasteiger charge is 2.20. The molecule has 1 fully saturated rings. The lowest BCUT2D eigenvalue weighted by Crippen LogP contribution is -2.37. The van der Waals surface area contributed by atoms with Gasteiger partial charge in [0.15, 0.2) is 0 Å². The number of hydrogen-bond acceptors (Lipinski definition) is 2. The summed E-state index contributed by atoms with van der Waals surface area (Å²) in [5.74, 6) is 1.82. The molecule has 2 nitrogen and oxygen atoms in total. The second kappa shape index (κ2) is 6.41. The van der Waals surface area contributed by atoms with Crippen molar-refractivity contribution >= 4 is 0 Å². The standard InChI is InChI=1S/C12H26N2/c1-10(2)8-12(9-13)14-7-3-4-11-5-6-11/h10-12,14H,3-9,13H2,1-2H3. The van der Waals surface area contributed by atoms with E-state index in [0.29, 0.717) is 6.04 Å². The maximum atomic E-state index is 5.71. The van der Waals surface area contributed by atoms with Gasteiger partial charge in [-0.3, -0.25) is 0 Å². The second-order valence-corrected chi connectivity index (χ2v) is 5.10. The summed E-state index contributed by atoms with van der Waals surface area (Å²) in [6.45, 7) is 6.45. The van der Waals surface area contributed by atoms with Gasteiger partial charge in [-0.25, -0.2) is 0 Å². The number of hydrogen-bond donors (Lipinski definition) is 2. The summed E-state index contributed by atoms with van der Waals surface area (Å²) in [7, 11) is 0. The first-order valence-corrected chi connectivity index (χ1v) is 6.15. The highest BCUT2D eigenvalue weighted by atomic mass is 14.9. The first kappa shape index (κ1) is 12.0. The van der Waals surface area contributed by atoms with Crippen molar-refractivity contribution in [3.63, 3.8) is 0 Å². The van der Waals surface area contributed by atoms with E-state index in [1.54, 1.807) is 0 Å². The van der Waals surface area contributed by atoms with Crippen molar-refractivity contribution < 1.29 is 0 Å². The second-order valence-electron chi connectivity index (χ2n) is 5.10. The first-order valence-electron chi connectivity index (χ1n) is 6.15. The molecule has 0 aromatic rings. The SMILES string of the molecule is CC(C)CC(CN)NCCCC1CC1. The maximum absolute atomic E-state index is 5.71. The maximum Gasteiger partial charge on any atom is 0.0192 e. The van der Waals surface area contributed by atoms with Crippen LogP contribution in [0.5, 0.6) is 0 Å². The lowest BCUT2D eigenvalue weighted by Gasteiger charge is -2.18. The molecule has 3 N–H and O–H groups in total. The molecule has 1 rings (SSSR count). The van der Waals surface area contributed by atoms with Crippen molar-refractivity contribution in [3.05, 3.63) is 0 Å². The molecule has 1 atom stereocenters. The van der Waals surface area contributed by atoms with E-state index >= 15 is 0 Å². The molecule has 0 spiro atoms. The third kappa shape index (κ3) is 5.61. The fraction of sp³-hybridized carbons (Fsp3) is 1.00. The van der Waals surface area contributed by atoms with Crippen LogP contribution in [-0.4, -0.2) is 19.1 Å². The van der Waals surface area contributed by atoms with Crippen LogP contribution in [0.3, 0.4) is 0 Å². The third-order valence-electron chi connectivity index (χ3n) is 2.96. The van der Waals surface area contributed by atoms with Crippen LogP contribution < -0.4 is 11.1 Å². The van der Waals surface area contributed by atoms with Gasteiger partial charge >= 0.3 is 0 Å². The molecule has 0 amide bonds. The summed E-state index contributed by atoms with van der Waals surface area (Å²) in [4.78, 5) is 0. The van der Waals surface area contributed by atoms with Gasteiger partial charge in [0.05, 0.1) is 0 Å². The lowest BCUT2D eigenvalue weighted by atomic mass is 10.0. The fourth-order valence-corrected chi connectivity index (χ4v) is 1.94. The van der Waals surface area contributed by atoms with Crippen LogP contribution in [0, 0.1) is 11.8 Å². The Morgan fingerprint density at radius 2 is 2.07 bits per heavy atom. The van der Waals surface area contributed by atoms with Gasteiger partial charge in [-0.2, -0.15) is 0 Å². The molecule has 0 saturated heterocycles. The van der Waals surface area contributed by atoms with Gasteiger partial charge in [0.2, 0.25) is 0 Å². The number of nitrogens with two attached hydrogens (primary N) is 1. The Kier molecular flexibility index (Phi) is 5.49. The molecule has 0 aliphatic heterocycles. The Labute approximate surface area is 88.6 Å². The molecule has 2 heteroatoms. The minimum absolute atomic E-state index is 0.536. The molecule has 0 aromatic heterocycles. The van der Waals surface area contributed by atoms with Crippen molar-refractivity contribution in [3.8, 4) is 0 Å². The Bertz CT molecular complexity index is 141. The van der Waals surface area contributed by atoms with E-state index in [-0.39, 0.29) is 0 Å². The first-order chi connectivity index (χ1) is 6.72. The summed E-state index contributed by atoms with van der Waals surface area (Å²) >= 11 is 0. The Hall–Kier alpha value is -0.0800. The predicted octanol–water partition coefficient (Wildman–Crippen LogP) is 2.14. The smallest absolute Gasteiger partial charge is 0.0192 e. The van der Waals surface area contributed by atoms with Crippen LogP contribution in [0.25, 0.3) is 0 Å². The van der Waals surface area contributed by atoms with Crippen LogP contribution in [0.2, 0.25) is 0 Å². The molecular formula is C12H26N2. The number of rotatable bonds is 8. The summed E-state index contributed by atoms with van der Waals surface area (Å²) < 4.78 is 0. The topological polar surface area (TPSA) is 38.0 Å². The normalized spacial score (nSPS) is 18.9. The monoisotopic (exact) mass is 198 g/mol. The zero-order valence-electron chi connectivity index (χ0n) is 9.76. The average Bonchev–Trinajstić information content (AvgIpc) is 2.93. The van der Waals surface area contributed by atoms with Crippen molar-refractivity contribution in [2.75, 3.05) is 13.1 Å². The highest BCUT2D eigenvalue weighted by Crippen LogP contribution is 2.33. The Balaban J connectivity index is 1.95. The van der Waals surface area contributed by atoms with Crippen molar-refractivity contribution in [1.82, 2.24) is 5.32 Å².